The molecule has 0 spiro atoms. The van der Waals surface area contributed by atoms with Crippen LogP contribution >= 0.6 is 0 Å². The van der Waals surface area contributed by atoms with E-state index in [1.54, 1.807) is 6.07 Å². The van der Waals surface area contributed by atoms with Gasteiger partial charge in [0.05, 0.1) is 7.11 Å². The maximum Gasteiger partial charge on any atom is 0.341 e. The summed E-state index contributed by atoms with van der Waals surface area (Å²) in [6, 6.07) is 4.87. The third-order valence-electron chi connectivity index (χ3n) is 4.08. The molecule has 1 amide bonds. The number of carbonyl (C=O) groups excluding carboxylic acids is 2. The first-order valence-corrected chi connectivity index (χ1v) is 8.04. The van der Waals surface area contributed by atoms with E-state index in [1.807, 2.05) is 0 Å². The fourth-order valence-corrected chi connectivity index (χ4v) is 2.81. The normalized spacial score (nSPS) is 15.2. The number of esters is 1. The molecule has 0 bridgehead atoms. The Hall–Kier alpha value is -2.08. The van der Waals surface area contributed by atoms with Crippen molar-refractivity contribution in [2.45, 2.75) is 44.6 Å². The fraction of sp³-hybridized carbons (Fsp3) is 0.529. The van der Waals surface area contributed by atoms with Crippen LogP contribution in [0.25, 0.3) is 0 Å². The lowest BCUT2D eigenvalue weighted by molar-refractivity contribution is -0.116. The van der Waals surface area contributed by atoms with Gasteiger partial charge in [0.15, 0.2) is 0 Å². The molecule has 0 atom stereocenters. The van der Waals surface area contributed by atoms with Crippen molar-refractivity contribution >= 4 is 17.6 Å². The van der Waals surface area contributed by atoms with Crippen LogP contribution in [0.2, 0.25) is 0 Å². The number of methoxy groups -OCH3 is 1. The van der Waals surface area contributed by atoms with Crippen LogP contribution in [0.4, 0.5) is 5.69 Å². The number of hydrogen-bond acceptors (Lipinski definition) is 5. The van der Waals surface area contributed by atoms with Gasteiger partial charge in [0.1, 0.15) is 11.3 Å². The lowest BCUT2D eigenvalue weighted by atomic mass is 9.95. The molecule has 1 aromatic carbocycles. The Kier molecular flexibility index (Phi) is 6.40. The second-order valence-electron chi connectivity index (χ2n) is 5.81. The lowest BCUT2D eigenvalue weighted by Crippen LogP contribution is -2.33. The van der Waals surface area contributed by atoms with E-state index >= 15 is 0 Å². The standard InChI is InChI=1S/C17H24N2O4/c1-23-17(22)14-8-7-13(11-15(14)20)19-16(21)9-10-18-12-5-3-2-4-6-12/h7-8,11-12,18,20H,2-6,9-10H2,1H3,(H,19,21). The van der Waals surface area contributed by atoms with Crippen molar-refractivity contribution < 1.29 is 19.4 Å². The summed E-state index contributed by atoms with van der Waals surface area (Å²) in [5.74, 6) is -0.953. The Morgan fingerprint density at radius 2 is 2.00 bits per heavy atom. The van der Waals surface area contributed by atoms with E-state index in [4.69, 9.17) is 0 Å². The van der Waals surface area contributed by atoms with Crippen molar-refractivity contribution in [2.75, 3.05) is 19.0 Å². The van der Waals surface area contributed by atoms with Crippen LogP contribution in [0.1, 0.15) is 48.9 Å². The highest BCUT2D eigenvalue weighted by Crippen LogP contribution is 2.22. The summed E-state index contributed by atoms with van der Waals surface area (Å²) in [5, 5.41) is 15.9. The van der Waals surface area contributed by atoms with Gasteiger partial charge in [0.25, 0.3) is 0 Å². The van der Waals surface area contributed by atoms with Crippen LogP contribution in [0.15, 0.2) is 18.2 Å². The van der Waals surface area contributed by atoms with Gasteiger partial charge in [-0.3, -0.25) is 4.79 Å². The molecule has 1 fully saturated rings. The summed E-state index contributed by atoms with van der Waals surface area (Å²) < 4.78 is 4.55. The molecule has 6 nitrogen and oxygen atoms in total. The Morgan fingerprint density at radius 1 is 1.26 bits per heavy atom. The first-order valence-electron chi connectivity index (χ1n) is 8.04. The lowest BCUT2D eigenvalue weighted by Gasteiger charge is -2.22. The van der Waals surface area contributed by atoms with E-state index in [9.17, 15) is 14.7 Å². The Labute approximate surface area is 136 Å². The molecule has 126 valence electrons. The molecular weight excluding hydrogens is 296 g/mol. The summed E-state index contributed by atoms with van der Waals surface area (Å²) in [7, 11) is 1.25. The summed E-state index contributed by atoms with van der Waals surface area (Å²) in [5.41, 5.74) is 0.530. The molecule has 2 rings (SSSR count). The number of ether oxygens (including phenoxy) is 1. The zero-order valence-electron chi connectivity index (χ0n) is 13.4. The number of benzene rings is 1. The molecule has 1 aliphatic rings. The molecule has 23 heavy (non-hydrogen) atoms. The smallest absolute Gasteiger partial charge is 0.341 e. The largest absolute Gasteiger partial charge is 0.507 e. The molecule has 0 unspecified atom stereocenters. The van der Waals surface area contributed by atoms with Gasteiger partial charge in [-0.05, 0) is 25.0 Å². The van der Waals surface area contributed by atoms with Gasteiger partial charge in [0.2, 0.25) is 5.91 Å². The second kappa shape index (κ2) is 8.53. The highest BCUT2D eigenvalue weighted by molar-refractivity contribution is 5.95. The van der Waals surface area contributed by atoms with Gasteiger partial charge in [-0.2, -0.15) is 0 Å². The first-order chi connectivity index (χ1) is 11.1. The number of anilines is 1. The first kappa shape index (κ1) is 17.3. The maximum absolute atomic E-state index is 11.9. The predicted molar refractivity (Wildman–Crippen MR) is 87.6 cm³/mol. The molecule has 1 saturated carbocycles. The quantitative estimate of drug-likeness (QED) is 0.701. The van der Waals surface area contributed by atoms with Crippen LogP contribution in [-0.2, 0) is 9.53 Å². The van der Waals surface area contributed by atoms with Crippen molar-refractivity contribution in [1.82, 2.24) is 5.32 Å². The number of amides is 1. The third kappa shape index (κ3) is 5.25. The second-order valence-corrected chi connectivity index (χ2v) is 5.81. The predicted octanol–water partition coefficient (Wildman–Crippen LogP) is 2.43. The van der Waals surface area contributed by atoms with Crippen LogP contribution in [0.3, 0.4) is 0 Å². The van der Waals surface area contributed by atoms with Gasteiger partial charge < -0.3 is 20.5 Å². The summed E-state index contributed by atoms with van der Waals surface area (Å²) in [6.07, 6.45) is 6.57. The van der Waals surface area contributed by atoms with Crippen LogP contribution in [0.5, 0.6) is 5.75 Å². The van der Waals surface area contributed by atoms with Crippen molar-refractivity contribution in [2.24, 2.45) is 0 Å². The molecular formula is C17H24N2O4. The molecule has 0 aliphatic heterocycles. The third-order valence-corrected chi connectivity index (χ3v) is 4.08. The molecule has 0 saturated heterocycles. The van der Waals surface area contributed by atoms with Crippen LogP contribution in [-0.4, -0.2) is 36.7 Å². The molecule has 0 aromatic heterocycles. The number of phenolic OH excluding ortho intramolecular Hbond substituents is 1. The molecule has 6 heteroatoms. The number of rotatable bonds is 6. The number of nitrogens with one attached hydrogen (secondary N) is 2. The van der Waals surface area contributed by atoms with Gasteiger partial charge >= 0.3 is 5.97 Å². The van der Waals surface area contributed by atoms with Crippen molar-refractivity contribution in [3.63, 3.8) is 0 Å². The summed E-state index contributed by atoms with van der Waals surface area (Å²) in [4.78, 5) is 23.3. The number of carbonyl (C=O) groups is 2. The van der Waals surface area contributed by atoms with Crippen molar-refractivity contribution in [3.05, 3.63) is 23.8 Å². The molecule has 1 aliphatic carbocycles. The zero-order chi connectivity index (χ0) is 16.7. The van der Waals surface area contributed by atoms with E-state index < -0.39 is 5.97 Å². The zero-order valence-corrected chi connectivity index (χ0v) is 13.4. The minimum atomic E-state index is -0.614. The average Bonchev–Trinajstić information content (AvgIpc) is 2.55. The van der Waals surface area contributed by atoms with Crippen LogP contribution < -0.4 is 10.6 Å². The summed E-state index contributed by atoms with van der Waals surface area (Å²) >= 11 is 0. The maximum atomic E-state index is 11.9. The van der Waals surface area contributed by atoms with Crippen molar-refractivity contribution in [3.8, 4) is 5.75 Å². The van der Waals surface area contributed by atoms with E-state index in [1.165, 1.54) is 51.3 Å². The van der Waals surface area contributed by atoms with E-state index in [-0.39, 0.29) is 17.2 Å². The molecule has 1 aromatic rings. The highest BCUT2D eigenvalue weighted by atomic mass is 16.5. The van der Waals surface area contributed by atoms with Crippen LogP contribution in [0, 0.1) is 0 Å². The van der Waals surface area contributed by atoms with E-state index in [2.05, 4.69) is 15.4 Å². The van der Waals surface area contributed by atoms with Gasteiger partial charge in [0, 0.05) is 30.8 Å². The average molecular weight is 320 g/mol. The Morgan fingerprint density at radius 3 is 2.65 bits per heavy atom. The Bertz CT molecular complexity index is 554. The van der Waals surface area contributed by atoms with Gasteiger partial charge in [-0.1, -0.05) is 19.3 Å². The summed E-state index contributed by atoms with van der Waals surface area (Å²) in [6.45, 7) is 0.642. The number of aromatic hydroxyl groups is 1. The molecule has 3 N–H and O–H groups in total. The van der Waals surface area contributed by atoms with E-state index in [0.717, 1.165) is 0 Å². The Balaban J connectivity index is 1.78. The minimum absolute atomic E-state index is 0.0736. The molecule has 0 heterocycles. The minimum Gasteiger partial charge on any atom is -0.507 e. The highest BCUT2D eigenvalue weighted by Gasteiger charge is 2.14. The van der Waals surface area contributed by atoms with Crippen molar-refractivity contribution in [1.29, 1.82) is 0 Å². The molecule has 0 radical (unpaired) electrons. The topological polar surface area (TPSA) is 87.7 Å². The van der Waals surface area contributed by atoms with Gasteiger partial charge in [-0.25, -0.2) is 4.79 Å². The fourth-order valence-electron chi connectivity index (χ4n) is 2.81. The van der Waals surface area contributed by atoms with Gasteiger partial charge in [-0.15, -0.1) is 0 Å². The SMILES string of the molecule is COC(=O)c1ccc(NC(=O)CCNC2CCCCC2)cc1O. The van der Waals surface area contributed by atoms with E-state index in [0.29, 0.717) is 24.7 Å². The number of phenols is 1. The monoisotopic (exact) mass is 320 g/mol. The number of hydrogen-bond donors (Lipinski definition) is 3.